The summed E-state index contributed by atoms with van der Waals surface area (Å²) >= 11 is 0. The third-order valence-corrected chi connectivity index (χ3v) is 3.49. The SMILES string of the molecule is CCOC(=O)CCCC(NC(=O)c1ccc(NC)cc1)C(=O)OCC. The zero-order valence-electron chi connectivity index (χ0n) is 15.0. The predicted octanol–water partition coefficient (Wildman–Crippen LogP) is 2.12. The van der Waals surface area contributed by atoms with Gasteiger partial charge in [0.25, 0.3) is 5.91 Å². The van der Waals surface area contributed by atoms with Crippen molar-refractivity contribution < 1.29 is 23.9 Å². The van der Waals surface area contributed by atoms with E-state index in [0.29, 0.717) is 25.0 Å². The van der Waals surface area contributed by atoms with E-state index in [4.69, 9.17) is 9.47 Å². The maximum Gasteiger partial charge on any atom is 0.328 e. The van der Waals surface area contributed by atoms with Crippen molar-refractivity contribution in [2.24, 2.45) is 0 Å². The molecule has 25 heavy (non-hydrogen) atoms. The lowest BCUT2D eigenvalue weighted by molar-refractivity contribution is -0.147. The van der Waals surface area contributed by atoms with Crippen LogP contribution >= 0.6 is 0 Å². The van der Waals surface area contributed by atoms with E-state index in [-0.39, 0.29) is 24.9 Å². The smallest absolute Gasteiger partial charge is 0.328 e. The summed E-state index contributed by atoms with van der Waals surface area (Å²) in [4.78, 5) is 35.8. The number of benzene rings is 1. The van der Waals surface area contributed by atoms with Gasteiger partial charge in [-0.1, -0.05) is 0 Å². The van der Waals surface area contributed by atoms with E-state index in [9.17, 15) is 14.4 Å². The molecule has 0 aliphatic heterocycles. The Labute approximate surface area is 148 Å². The molecular weight excluding hydrogens is 324 g/mol. The van der Waals surface area contributed by atoms with Crippen molar-refractivity contribution in [1.82, 2.24) is 5.32 Å². The summed E-state index contributed by atoms with van der Waals surface area (Å²) in [7, 11) is 1.79. The van der Waals surface area contributed by atoms with Crippen LogP contribution in [0.2, 0.25) is 0 Å². The van der Waals surface area contributed by atoms with Gasteiger partial charge in [0.2, 0.25) is 0 Å². The molecule has 0 fully saturated rings. The number of amides is 1. The fourth-order valence-corrected chi connectivity index (χ4v) is 2.21. The van der Waals surface area contributed by atoms with Crippen LogP contribution in [0.1, 0.15) is 43.5 Å². The first-order valence-electron chi connectivity index (χ1n) is 8.42. The average Bonchev–Trinajstić information content (AvgIpc) is 2.61. The van der Waals surface area contributed by atoms with Gasteiger partial charge in [0, 0.05) is 24.7 Å². The molecule has 0 aromatic heterocycles. The third kappa shape index (κ3) is 7.24. The lowest BCUT2D eigenvalue weighted by Crippen LogP contribution is -2.42. The monoisotopic (exact) mass is 350 g/mol. The summed E-state index contributed by atoms with van der Waals surface area (Å²) in [5.74, 6) is -1.19. The molecule has 0 radical (unpaired) electrons. The maximum absolute atomic E-state index is 12.3. The normalized spacial score (nSPS) is 11.3. The minimum absolute atomic E-state index is 0.191. The van der Waals surface area contributed by atoms with E-state index in [0.717, 1.165) is 5.69 Å². The fraction of sp³-hybridized carbons (Fsp3) is 0.500. The Morgan fingerprint density at radius 1 is 1.04 bits per heavy atom. The van der Waals surface area contributed by atoms with Crippen LogP contribution in [0, 0.1) is 0 Å². The molecule has 0 aliphatic carbocycles. The zero-order valence-corrected chi connectivity index (χ0v) is 15.0. The van der Waals surface area contributed by atoms with E-state index < -0.39 is 12.0 Å². The van der Waals surface area contributed by atoms with Crippen LogP contribution in [0.5, 0.6) is 0 Å². The van der Waals surface area contributed by atoms with Crippen molar-refractivity contribution in [3.8, 4) is 0 Å². The summed E-state index contributed by atoms with van der Waals surface area (Å²) in [5.41, 5.74) is 1.33. The van der Waals surface area contributed by atoms with Gasteiger partial charge >= 0.3 is 11.9 Å². The number of nitrogens with one attached hydrogen (secondary N) is 2. The van der Waals surface area contributed by atoms with Gasteiger partial charge in [0.15, 0.2) is 0 Å². The Balaban J connectivity index is 2.66. The molecule has 1 amide bonds. The number of hydrogen-bond acceptors (Lipinski definition) is 6. The van der Waals surface area contributed by atoms with Crippen LogP contribution in [0.4, 0.5) is 5.69 Å². The molecule has 1 aromatic carbocycles. The summed E-state index contributed by atoms with van der Waals surface area (Å²) in [6.45, 7) is 3.98. The van der Waals surface area contributed by atoms with Crippen molar-refractivity contribution in [3.63, 3.8) is 0 Å². The number of carbonyl (C=O) groups excluding carboxylic acids is 3. The molecule has 0 bridgehead atoms. The molecule has 2 N–H and O–H groups in total. The van der Waals surface area contributed by atoms with Gasteiger partial charge in [0.1, 0.15) is 6.04 Å². The van der Waals surface area contributed by atoms with Crippen LogP contribution in [0.3, 0.4) is 0 Å². The Morgan fingerprint density at radius 2 is 1.68 bits per heavy atom. The Kier molecular flexibility index (Phi) is 9.06. The second-order valence-electron chi connectivity index (χ2n) is 5.30. The molecule has 138 valence electrons. The molecule has 1 atom stereocenters. The van der Waals surface area contributed by atoms with Gasteiger partial charge in [-0.2, -0.15) is 0 Å². The number of ether oxygens (including phenoxy) is 2. The van der Waals surface area contributed by atoms with Crippen molar-refractivity contribution in [3.05, 3.63) is 29.8 Å². The Morgan fingerprint density at radius 3 is 2.24 bits per heavy atom. The first-order chi connectivity index (χ1) is 12.0. The summed E-state index contributed by atoms with van der Waals surface area (Å²) < 4.78 is 9.86. The van der Waals surface area contributed by atoms with Gasteiger partial charge in [-0.3, -0.25) is 9.59 Å². The molecule has 1 rings (SSSR count). The topological polar surface area (TPSA) is 93.7 Å². The average molecular weight is 350 g/mol. The molecule has 0 saturated heterocycles. The fourth-order valence-electron chi connectivity index (χ4n) is 2.21. The van der Waals surface area contributed by atoms with Crippen molar-refractivity contribution >= 4 is 23.5 Å². The highest BCUT2D eigenvalue weighted by atomic mass is 16.5. The minimum Gasteiger partial charge on any atom is -0.466 e. The molecule has 0 aliphatic rings. The van der Waals surface area contributed by atoms with Gasteiger partial charge in [0.05, 0.1) is 13.2 Å². The molecular formula is C18H26N2O5. The molecule has 1 aromatic rings. The number of rotatable bonds is 10. The summed E-state index contributed by atoms with van der Waals surface area (Å²) in [6, 6.07) is 6.08. The summed E-state index contributed by atoms with van der Waals surface area (Å²) in [6.07, 6.45) is 0.912. The third-order valence-electron chi connectivity index (χ3n) is 3.49. The van der Waals surface area contributed by atoms with E-state index in [1.54, 1.807) is 45.2 Å². The van der Waals surface area contributed by atoms with E-state index in [2.05, 4.69) is 10.6 Å². The highest BCUT2D eigenvalue weighted by molar-refractivity contribution is 5.97. The van der Waals surface area contributed by atoms with Crippen LogP contribution in [-0.2, 0) is 19.1 Å². The minimum atomic E-state index is -0.800. The van der Waals surface area contributed by atoms with Crippen LogP contribution < -0.4 is 10.6 Å². The molecule has 0 heterocycles. The van der Waals surface area contributed by atoms with Gasteiger partial charge in [-0.25, -0.2) is 4.79 Å². The highest BCUT2D eigenvalue weighted by Crippen LogP contribution is 2.10. The predicted molar refractivity (Wildman–Crippen MR) is 94.4 cm³/mol. The molecule has 0 saturated carbocycles. The first-order valence-corrected chi connectivity index (χ1v) is 8.42. The molecule has 0 spiro atoms. The van der Waals surface area contributed by atoms with Gasteiger partial charge in [-0.15, -0.1) is 0 Å². The lowest BCUT2D eigenvalue weighted by atomic mass is 10.1. The van der Waals surface area contributed by atoms with Crippen LogP contribution in [0.25, 0.3) is 0 Å². The summed E-state index contributed by atoms with van der Waals surface area (Å²) in [5, 5.41) is 5.64. The first kappa shape index (κ1) is 20.5. The van der Waals surface area contributed by atoms with Gasteiger partial charge < -0.3 is 20.1 Å². The quantitative estimate of drug-likeness (QED) is 0.628. The Hall–Kier alpha value is -2.57. The molecule has 7 heteroatoms. The number of anilines is 1. The standard InChI is InChI=1S/C18H26N2O5/c1-4-24-16(21)8-6-7-15(18(23)25-5-2)20-17(22)13-9-11-14(19-3)12-10-13/h9-12,15,19H,4-8H2,1-3H3,(H,20,22). The second kappa shape index (κ2) is 11.1. The van der Waals surface area contributed by atoms with Gasteiger partial charge in [-0.05, 0) is 51.0 Å². The number of hydrogen-bond donors (Lipinski definition) is 2. The largest absolute Gasteiger partial charge is 0.466 e. The van der Waals surface area contributed by atoms with Crippen LogP contribution in [-0.4, -0.2) is 44.1 Å². The van der Waals surface area contributed by atoms with E-state index in [1.807, 2.05) is 0 Å². The van der Waals surface area contributed by atoms with E-state index >= 15 is 0 Å². The lowest BCUT2D eigenvalue weighted by Gasteiger charge is -2.17. The second-order valence-corrected chi connectivity index (χ2v) is 5.30. The number of carbonyl (C=O) groups is 3. The number of esters is 2. The Bertz CT molecular complexity index is 571. The highest BCUT2D eigenvalue weighted by Gasteiger charge is 2.22. The van der Waals surface area contributed by atoms with Crippen LogP contribution in [0.15, 0.2) is 24.3 Å². The maximum atomic E-state index is 12.3. The van der Waals surface area contributed by atoms with E-state index in [1.165, 1.54) is 0 Å². The zero-order chi connectivity index (χ0) is 18.7. The molecule has 7 nitrogen and oxygen atoms in total. The van der Waals surface area contributed by atoms with Crippen molar-refractivity contribution in [1.29, 1.82) is 0 Å². The van der Waals surface area contributed by atoms with Crippen molar-refractivity contribution in [2.45, 2.75) is 39.2 Å². The molecule has 1 unspecified atom stereocenters. The van der Waals surface area contributed by atoms with Crippen molar-refractivity contribution in [2.75, 3.05) is 25.6 Å².